The molecule has 3 rings (SSSR count). The summed E-state index contributed by atoms with van der Waals surface area (Å²) < 4.78 is 10.9. The largest absolute Gasteiger partial charge is 0.454 e. The molecule has 3 heterocycles. The van der Waals surface area contributed by atoms with E-state index in [-0.39, 0.29) is 5.76 Å². The van der Waals surface area contributed by atoms with Gasteiger partial charge in [-0.15, -0.1) is 0 Å². The van der Waals surface area contributed by atoms with Crippen LogP contribution < -0.4 is 11.1 Å². The van der Waals surface area contributed by atoms with Crippen molar-refractivity contribution >= 4 is 11.9 Å². The van der Waals surface area contributed by atoms with E-state index in [4.69, 9.17) is 14.9 Å². The number of aliphatic imine (C=N–C) groups is 1. The molecule has 0 saturated carbocycles. The molecule has 126 valence electrons. The minimum atomic E-state index is -0.554. The molecule has 7 nitrogen and oxygen atoms in total. The minimum absolute atomic E-state index is 0.180. The van der Waals surface area contributed by atoms with Crippen LogP contribution in [0.4, 0.5) is 0 Å². The molecule has 2 aliphatic heterocycles. The van der Waals surface area contributed by atoms with Crippen LogP contribution in [0.2, 0.25) is 0 Å². The number of nitrogens with two attached hydrogens (primary N) is 1. The number of hydrogen-bond acceptors (Lipinski definition) is 4. The summed E-state index contributed by atoms with van der Waals surface area (Å²) in [6, 6.07) is 3.35. The van der Waals surface area contributed by atoms with E-state index in [0.717, 1.165) is 45.1 Å². The summed E-state index contributed by atoms with van der Waals surface area (Å²) in [5, 5.41) is 3.30. The third-order valence-corrected chi connectivity index (χ3v) is 4.83. The maximum atomic E-state index is 11.1. The van der Waals surface area contributed by atoms with Crippen LogP contribution in [-0.2, 0) is 11.3 Å². The van der Waals surface area contributed by atoms with Gasteiger partial charge in [0.1, 0.15) is 5.76 Å². The Morgan fingerprint density at radius 1 is 1.39 bits per heavy atom. The first-order valence-corrected chi connectivity index (χ1v) is 8.04. The van der Waals surface area contributed by atoms with E-state index in [1.165, 1.54) is 6.42 Å². The highest BCUT2D eigenvalue weighted by atomic mass is 16.5. The molecule has 7 heteroatoms. The summed E-state index contributed by atoms with van der Waals surface area (Å²) in [6.07, 6.45) is 3.44. The first kappa shape index (κ1) is 15.9. The van der Waals surface area contributed by atoms with Crippen molar-refractivity contribution in [2.45, 2.75) is 25.8 Å². The number of nitrogens with one attached hydrogen (secondary N) is 1. The molecule has 3 N–H and O–H groups in total. The average molecular weight is 320 g/mol. The van der Waals surface area contributed by atoms with Gasteiger partial charge in [-0.3, -0.25) is 9.79 Å². The number of ether oxygens (including phenoxy) is 1. The number of rotatable bonds is 3. The lowest BCUT2D eigenvalue weighted by molar-refractivity contribution is 0.0217. The fourth-order valence-corrected chi connectivity index (χ4v) is 3.43. The number of amides is 1. The van der Waals surface area contributed by atoms with E-state index in [9.17, 15) is 4.79 Å². The summed E-state index contributed by atoms with van der Waals surface area (Å²) in [6.45, 7) is 4.22. The molecule has 2 fully saturated rings. The number of guanidine groups is 1. The van der Waals surface area contributed by atoms with Crippen molar-refractivity contribution in [3.05, 3.63) is 23.7 Å². The van der Waals surface area contributed by atoms with Gasteiger partial charge in [0.25, 0.3) is 5.91 Å². The Balaban J connectivity index is 1.57. The highest BCUT2D eigenvalue weighted by molar-refractivity contribution is 5.89. The smallest absolute Gasteiger partial charge is 0.284 e. The number of carbonyl (C=O) groups is 1. The molecular formula is C16H24N4O3. The second kappa shape index (κ2) is 6.62. The molecule has 1 aromatic rings. The Morgan fingerprint density at radius 2 is 2.17 bits per heavy atom. The van der Waals surface area contributed by atoms with Crippen LogP contribution in [0.5, 0.6) is 0 Å². The minimum Gasteiger partial charge on any atom is -0.454 e. The van der Waals surface area contributed by atoms with Crippen molar-refractivity contribution in [3.63, 3.8) is 0 Å². The van der Waals surface area contributed by atoms with Crippen molar-refractivity contribution < 1.29 is 13.9 Å². The van der Waals surface area contributed by atoms with Crippen molar-refractivity contribution in [2.24, 2.45) is 16.1 Å². The Kier molecular flexibility index (Phi) is 4.56. The zero-order valence-corrected chi connectivity index (χ0v) is 13.5. The van der Waals surface area contributed by atoms with E-state index >= 15 is 0 Å². The maximum Gasteiger partial charge on any atom is 0.284 e. The monoisotopic (exact) mass is 320 g/mol. The van der Waals surface area contributed by atoms with Gasteiger partial charge in [-0.2, -0.15) is 0 Å². The molecule has 2 aliphatic rings. The lowest BCUT2D eigenvalue weighted by atomic mass is 9.80. The van der Waals surface area contributed by atoms with Gasteiger partial charge in [-0.1, -0.05) is 0 Å². The van der Waals surface area contributed by atoms with E-state index in [1.54, 1.807) is 19.2 Å². The standard InChI is InChI=1S/C16H24N4O3/c1-18-15(19-10-12-2-3-13(23-12)14(17)21)20-7-4-16(11-20)5-8-22-9-6-16/h2-3H,4-11H2,1H3,(H2,17,21)(H,18,19). The molecule has 0 bridgehead atoms. The highest BCUT2D eigenvalue weighted by Crippen LogP contribution is 2.39. The van der Waals surface area contributed by atoms with Gasteiger partial charge < -0.3 is 25.1 Å². The van der Waals surface area contributed by atoms with Crippen LogP contribution >= 0.6 is 0 Å². The van der Waals surface area contributed by atoms with Gasteiger partial charge in [0.2, 0.25) is 0 Å². The van der Waals surface area contributed by atoms with E-state index in [0.29, 0.717) is 17.7 Å². The molecule has 0 atom stereocenters. The molecule has 1 amide bonds. The molecule has 23 heavy (non-hydrogen) atoms. The van der Waals surface area contributed by atoms with Crippen LogP contribution in [0.15, 0.2) is 21.5 Å². The summed E-state index contributed by atoms with van der Waals surface area (Å²) in [5.41, 5.74) is 5.57. The molecule has 2 saturated heterocycles. The predicted molar refractivity (Wildman–Crippen MR) is 86.1 cm³/mol. The fraction of sp³-hybridized carbons (Fsp3) is 0.625. The first-order chi connectivity index (χ1) is 11.1. The van der Waals surface area contributed by atoms with E-state index < -0.39 is 5.91 Å². The van der Waals surface area contributed by atoms with Crippen LogP contribution in [-0.4, -0.2) is 50.1 Å². The Bertz CT molecular complexity index is 590. The zero-order chi connectivity index (χ0) is 16.3. The molecule has 0 radical (unpaired) electrons. The molecule has 0 unspecified atom stereocenters. The third-order valence-electron chi connectivity index (χ3n) is 4.83. The first-order valence-electron chi connectivity index (χ1n) is 8.04. The van der Waals surface area contributed by atoms with Crippen molar-refractivity contribution in [1.82, 2.24) is 10.2 Å². The molecule has 0 aliphatic carbocycles. The van der Waals surface area contributed by atoms with Gasteiger partial charge in [-0.05, 0) is 36.8 Å². The SMILES string of the molecule is CN=C(NCc1ccc(C(N)=O)o1)N1CCC2(CCOCC2)C1. The maximum absolute atomic E-state index is 11.1. The number of nitrogens with zero attached hydrogens (tertiary/aromatic N) is 2. The Morgan fingerprint density at radius 3 is 2.83 bits per heavy atom. The average Bonchev–Trinajstić information content (AvgIpc) is 3.17. The fourth-order valence-electron chi connectivity index (χ4n) is 3.43. The molecule has 1 aromatic heterocycles. The number of furan rings is 1. The lowest BCUT2D eigenvalue weighted by Gasteiger charge is -2.33. The number of hydrogen-bond donors (Lipinski definition) is 2. The second-order valence-corrected chi connectivity index (χ2v) is 6.31. The molecular weight excluding hydrogens is 296 g/mol. The topological polar surface area (TPSA) is 93.1 Å². The van der Waals surface area contributed by atoms with Gasteiger partial charge in [0.15, 0.2) is 11.7 Å². The summed E-state index contributed by atoms with van der Waals surface area (Å²) >= 11 is 0. The van der Waals surface area contributed by atoms with Crippen molar-refractivity contribution in [3.8, 4) is 0 Å². The summed E-state index contributed by atoms with van der Waals surface area (Å²) in [7, 11) is 1.79. The highest BCUT2D eigenvalue weighted by Gasteiger charge is 2.40. The molecule has 0 aromatic carbocycles. The number of likely N-dealkylation sites (tertiary alicyclic amines) is 1. The summed E-state index contributed by atoms with van der Waals surface area (Å²) in [4.78, 5) is 17.7. The lowest BCUT2D eigenvalue weighted by Crippen LogP contribution is -2.41. The Labute approximate surface area is 135 Å². The quantitative estimate of drug-likeness (QED) is 0.639. The molecule has 1 spiro atoms. The Hall–Kier alpha value is -2.02. The predicted octanol–water partition coefficient (Wildman–Crippen LogP) is 0.956. The van der Waals surface area contributed by atoms with E-state index in [1.807, 2.05) is 0 Å². The second-order valence-electron chi connectivity index (χ2n) is 6.31. The van der Waals surface area contributed by atoms with Crippen LogP contribution in [0.1, 0.15) is 35.6 Å². The summed E-state index contributed by atoms with van der Waals surface area (Å²) in [5.74, 6) is 1.16. The van der Waals surface area contributed by atoms with Crippen molar-refractivity contribution in [1.29, 1.82) is 0 Å². The number of primary amides is 1. The third kappa shape index (κ3) is 3.50. The van der Waals surface area contributed by atoms with Crippen LogP contribution in [0.25, 0.3) is 0 Å². The zero-order valence-electron chi connectivity index (χ0n) is 13.5. The van der Waals surface area contributed by atoms with E-state index in [2.05, 4.69) is 15.2 Å². The van der Waals surface area contributed by atoms with Crippen molar-refractivity contribution in [2.75, 3.05) is 33.4 Å². The van der Waals surface area contributed by atoms with Gasteiger partial charge in [0.05, 0.1) is 6.54 Å². The van der Waals surface area contributed by atoms with Gasteiger partial charge in [-0.25, -0.2) is 0 Å². The normalized spacial score (nSPS) is 20.9. The van der Waals surface area contributed by atoms with Gasteiger partial charge in [0, 0.05) is 33.4 Å². The van der Waals surface area contributed by atoms with Crippen LogP contribution in [0.3, 0.4) is 0 Å². The number of carbonyl (C=O) groups excluding carboxylic acids is 1. The van der Waals surface area contributed by atoms with Crippen LogP contribution in [0, 0.1) is 5.41 Å². The van der Waals surface area contributed by atoms with Gasteiger partial charge >= 0.3 is 0 Å².